The highest BCUT2D eigenvalue weighted by atomic mass is 16.5. The Morgan fingerprint density at radius 2 is 2.00 bits per heavy atom. The topological polar surface area (TPSA) is 95.9 Å². The highest BCUT2D eigenvalue weighted by molar-refractivity contribution is 6.15. The van der Waals surface area contributed by atoms with Crippen LogP contribution in [0.1, 0.15) is 5.56 Å². The van der Waals surface area contributed by atoms with Crippen molar-refractivity contribution in [3.63, 3.8) is 0 Å². The predicted molar refractivity (Wildman–Crippen MR) is 78.0 cm³/mol. The van der Waals surface area contributed by atoms with Crippen molar-refractivity contribution in [3.05, 3.63) is 48.2 Å². The molecule has 0 bridgehead atoms. The summed E-state index contributed by atoms with van der Waals surface area (Å²) in [4.78, 5) is 34.7. The number of nitrogens with zero attached hydrogens (tertiary/aromatic N) is 1. The number of benzene rings is 1. The van der Waals surface area contributed by atoms with Crippen molar-refractivity contribution >= 4 is 24.0 Å². The summed E-state index contributed by atoms with van der Waals surface area (Å²) in [6.45, 7) is 3.26. The van der Waals surface area contributed by atoms with Gasteiger partial charge in [0, 0.05) is 0 Å². The molecule has 1 aliphatic rings. The average molecular weight is 302 g/mol. The minimum Gasteiger partial charge on any atom is -0.490 e. The van der Waals surface area contributed by atoms with E-state index in [1.165, 1.54) is 6.08 Å². The van der Waals surface area contributed by atoms with Crippen molar-refractivity contribution in [2.45, 2.75) is 0 Å². The Hall–Kier alpha value is -3.09. The Kier molecular flexibility index (Phi) is 4.57. The molecule has 1 fully saturated rings. The van der Waals surface area contributed by atoms with Gasteiger partial charge in [0.1, 0.15) is 24.6 Å². The fourth-order valence-electron chi connectivity index (χ4n) is 1.83. The summed E-state index contributed by atoms with van der Waals surface area (Å²) in [5.41, 5.74) is 0.706. The first-order valence-corrected chi connectivity index (χ1v) is 6.41. The number of hydrogen-bond acceptors (Lipinski definition) is 4. The van der Waals surface area contributed by atoms with Crippen LogP contribution in [0.2, 0.25) is 0 Å². The number of carboxylic acid groups (broad SMARTS) is 1. The molecular formula is C15H14N2O5. The van der Waals surface area contributed by atoms with Crippen molar-refractivity contribution in [1.82, 2.24) is 10.2 Å². The molecule has 1 aromatic carbocycles. The molecule has 2 rings (SSSR count). The SMILES string of the molecule is C=CCOc1ccc(/C=C2/NC(=O)N(CC(=O)O)C2=O)cc1. The van der Waals surface area contributed by atoms with Gasteiger partial charge in [0.25, 0.3) is 5.91 Å². The van der Waals surface area contributed by atoms with Crippen molar-refractivity contribution in [3.8, 4) is 5.75 Å². The monoisotopic (exact) mass is 302 g/mol. The maximum absolute atomic E-state index is 11.9. The van der Waals surface area contributed by atoms with Crippen LogP contribution in [-0.4, -0.2) is 41.1 Å². The number of carboxylic acids is 1. The summed E-state index contributed by atoms with van der Waals surface area (Å²) >= 11 is 0. The fourth-order valence-corrected chi connectivity index (χ4v) is 1.83. The van der Waals surface area contributed by atoms with E-state index in [-0.39, 0.29) is 5.70 Å². The van der Waals surface area contributed by atoms with E-state index in [2.05, 4.69) is 11.9 Å². The van der Waals surface area contributed by atoms with Crippen LogP contribution >= 0.6 is 0 Å². The summed E-state index contributed by atoms with van der Waals surface area (Å²) < 4.78 is 5.33. The highest BCUT2D eigenvalue weighted by Crippen LogP contribution is 2.17. The van der Waals surface area contributed by atoms with E-state index in [1.54, 1.807) is 30.3 Å². The lowest BCUT2D eigenvalue weighted by molar-refractivity contribution is -0.140. The number of aliphatic carboxylic acids is 1. The molecule has 22 heavy (non-hydrogen) atoms. The van der Waals surface area contributed by atoms with Gasteiger partial charge in [-0.2, -0.15) is 0 Å². The lowest BCUT2D eigenvalue weighted by Crippen LogP contribution is -2.35. The first-order valence-electron chi connectivity index (χ1n) is 6.41. The third-order valence-corrected chi connectivity index (χ3v) is 2.81. The Bertz CT molecular complexity index is 648. The van der Waals surface area contributed by atoms with Gasteiger partial charge in [-0.3, -0.25) is 9.59 Å². The van der Waals surface area contributed by atoms with Gasteiger partial charge in [0.15, 0.2) is 0 Å². The first kappa shape index (κ1) is 15.3. The van der Waals surface area contributed by atoms with Crippen LogP contribution in [0.15, 0.2) is 42.6 Å². The summed E-state index contributed by atoms with van der Waals surface area (Å²) in [5.74, 6) is -1.27. The van der Waals surface area contributed by atoms with E-state index in [0.717, 1.165) is 0 Å². The van der Waals surface area contributed by atoms with Gasteiger partial charge in [-0.05, 0) is 23.8 Å². The molecule has 1 aliphatic heterocycles. The molecule has 2 N–H and O–H groups in total. The second-order valence-corrected chi connectivity index (χ2v) is 4.44. The minimum atomic E-state index is -1.26. The Balaban J connectivity index is 2.12. The molecule has 0 spiro atoms. The molecule has 1 aromatic rings. The number of hydrogen-bond donors (Lipinski definition) is 2. The number of urea groups is 1. The van der Waals surface area contributed by atoms with Crippen LogP contribution in [0, 0.1) is 0 Å². The molecule has 0 aromatic heterocycles. The smallest absolute Gasteiger partial charge is 0.329 e. The highest BCUT2D eigenvalue weighted by Gasteiger charge is 2.34. The van der Waals surface area contributed by atoms with Crippen molar-refractivity contribution in [2.24, 2.45) is 0 Å². The van der Waals surface area contributed by atoms with E-state index < -0.39 is 24.5 Å². The molecule has 0 saturated carbocycles. The van der Waals surface area contributed by atoms with Gasteiger partial charge in [-0.25, -0.2) is 9.69 Å². The van der Waals surface area contributed by atoms with Gasteiger partial charge in [0.2, 0.25) is 0 Å². The molecule has 0 aliphatic carbocycles. The van der Waals surface area contributed by atoms with Gasteiger partial charge in [0.05, 0.1) is 0 Å². The van der Waals surface area contributed by atoms with E-state index >= 15 is 0 Å². The zero-order valence-corrected chi connectivity index (χ0v) is 11.6. The Labute approximate surface area is 126 Å². The van der Waals surface area contributed by atoms with E-state index in [9.17, 15) is 14.4 Å². The number of carbonyl (C=O) groups is 3. The van der Waals surface area contributed by atoms with E-state index in [0.29, 0.717) is 22.8 Å². The van der Waals surface area contributed by atoms with Crippen LogP contribution < -0.4 is 10.1 Å². The predicted octanol–water partition coefficient (Wildman–Crippen LogP) is 1.23. The zero-order chi connectivity index (χ0) is 16.1. The normalized spacial score (nSPS) is 15.8. The molecule has 1 heterocycles. The first-order chi connectivity index (χ1) is 10.5. The minimum absolute atomic E-state index is 0.0333. The standard InChI is InChI=1S/C15H14N2O5/c1-2-7-22-11-5-3-10(4-6-11)8-12-14(20)17(9-13(18)19)15(21)16-12/h2-6,8H,1,7,9H2,(H,16,21)(H,18,19)/b12-8+. The summed E-state index contributed by atoms with van der Waals surface area (Å²) in [7, 11) is 0. The van der Waals surface area contributed by atoms with Gasteiger partial charge in [-0.1, -0.05) is 24.8 Å². The largest absolute Gasteiger partial charge is 0.490 e. The second-order valence-electron chi connectivity index (χ2n) is 4.44. The molecule has 0 unspecified atom stereocenters. The maximum atomic E-state index is 11.9. The van der Waals surface area contributed by atoms with Gasteiger partial charge < -0.3 is 15.2 Å². The average Bonchev–Trinajstić information content (AvgIpc) is 2.74. The molecule has 1 saturated heterocycles. The summed E-state index contributed by atoms with van der Waals surface area (Å²) in [6, 6.07) is 6.11. The number of carbonyl (C=O) groups excluding carboxylic acids is 2. The van der Waals surface area contributed by atoms with Gasteiger partial charge in [-0.15, -0.1) is 0 Å². The molecule has 0 radical (unpaired) electrons. The van der Waals surface area contributed by atoms with Crippen LogP contribution in [0.3, 0.4) is 0 Å². The lowest BCUT2D eigenvalue weighted by atomic mass is 10.2. The molecular weight excluding hydrogens is 288 g/mol. The molecule has 0 atom stereocenters. The van der Waals surface area contributed by atoms with Crippen LogP contribution in [0.25, 0.3) is 6.08 Å². The third-order valence-electron chi connectivity index (χ3n) is 2.81. The number of amides is 3. The summed E-state index contributed by atoms with van der Waals surface area (Å²) in [6.07, 6.45) is 3.10. The molecule has 7 nitrogen and oxygen atoms in total. The van der Waals surface area contributed by atoms with Crippen LogP contribution in [0.4, 0.5) is 4.79 Å². The lowest BCUT2D eigenvalue weighted by Gasteiger charge is -2.06. The quantitative estimate of drug-likeness (QED) is 0.468. The van der Waals surface area contributed by atoms with Crippen LogP contribution in [0.5, 0.6) is 5.75 Å². The van der Waals surface area contributed by atoms with Crippen molar-refractivity contribution in [2.75, 3.05) is 13.2 Å². The zero-order valence-electron chi connectivity index (χ0n) is 11.6. The number of imide groups is 1. The number of ether oxygens (including phenoxy) is 1. The fraction of sp³-hybridized carbons (Fsp3) is 0.133. The van der Waals surface area contributed by atoms with E-state index in [4.69, 9.17) is 9.84 Å². The third kappa shape index (κ3) is 3.51. The van der Waals surface area contributed by atoms with Crippen molar-refractivity contribution < 1.29 is 24.2 Å². The number of rotatable bonds is 6. The summed E-state index contributed by atoms with van der Waals surface area (Å²) in [5, 5.41) is 11.0. The molecule has 114 valence electrons. The van der Waals surface area contributed by atoms with E-state index in [1.807, 2.05) is 0 Å². The van der Waals surface area contributed by atoms with Crippen molar-refractivity contribution in [1.29, 1.82) is 0 Å². The van der Waals surface area contributed by atoms with Crippen LogP contribution in [-0.2, 0) is 9.59 Å². The maximum Gasteiger partial charge on any atom is 0.329 e. The van der Waals surface area contributed by atoms with Gasteiger partial charge >= 0.3 is 12.0 Å². The Morgan fingerprint density at radius 3 is 2.59 bits per heavy atom. The molecule has 3 amide bonds. The number of nitrogens with one attached hydrogen (secondary N) is 1. The Morgan fingerprint density at radius 1 is 1.32 bits per heavy atom. The second kappa shape index (κ2) is 6.57. The molecule has 7 heteroatoms.